The highest BCUT2D eigenvalue weighted by atomic mass is 35.5. The van der Waals surface area contributed by atoms with Crippen LogP contribution in [0.15, 0.2) is 65.3 Å². The fourth-order valence-corrected chi connectivity index (χ4v) is 2.51. The minimum atomic E-state index is 0.489. The van der Waals surface area contributed by atoms with Crippen LogP contribution in [0.2, 0.25) is 5.02 Å². The molecule has 0 heterocycles. The molecule has 0 aliphatic rings. The number of nitrogens with two attached hydrogens (primary N) is 1. The van der Waals surface area contributed by atoms with Crippen molar-refractivity contribution in [3.63, 3.8) is 0 Å². The van der Waals surface area contributed by atoms with Crippen molar-refractivity contribution in [2.24, 2.45) is 10.7 Å². The Bertz CT molecular complexity index is 706. The van der Waals surface area contributed by atoms with Gasteiger partial charge in [0.1, 0.15) is 5.84 Å². The molecule has 3 N–H and O–H groups in total. The van der Waals surface area contributed by atoms with Crippen LogP contribution < -0.4 is 11.1 Å². The number of anilines is 1. The Morgan fingerprint density at radius 2 is 1.91 bits per heavy atom. The van der Waals surface area contributed by atoms with Crippen LogP contribution in [-0.2, 0) is 12.8 Å². The van der Waals surface area contributed by atoms with Gasteiger partial charge in [-0.15, -0.1) is 0 Å². The second kappa shape index (κ2) is 8.39. The summed E-state index contributed by atoms with van der Waals surface area (Å²) in [5.41, 5.74) is 10.2. The van der Waals surface area contributed by atoms with Crippen molar-refractivity contribution in [3.05, 3.63) is 76.5 Å². The third-order valence-electron chi connectivity index (χ3n) is 3.55. The van der Waals surface area contributed by atoms with Crippen LogP contribution in [-0.4, -0.2) is 12.9 Å². The molecule has 0 bridgehead atoms. The predicted molar refractivity (Wildman–Crippen MR) is 100 cm³/mol. The Hall–Kier alpha value is -2.26. The van der Waals surface area contributed by atoms with Gasteiger partial charge < -0.3 is 11.1 Å². The fraction of sp³-hybridized carbons (Fsp3) is 0.211. The molecular formula is C19H22ClN3. The monoisotopic (exact) mass is 327 g/mol. The Balaban J connectivity index is 2.15. The Morgan fingerprint density at radius 3 is 2.61 bits per heavy atom. The van der Waals surface area contributed by atoms with Gasteiger partial charge in [-0.25, -0.2) is 0 Å². The number of rotatable bonds is 6. The van der Waals surface area contributed by atoms with Crippen molar-refractivity contribution in [1.29, 1.82) is 0 Å². The van der Waals surface area contributed by atoms with Gasteiger partial charge in [0, 0.05) is 23.5 Å². The summed E-state index contributed by atoms with van der Waals surface area (Å²) in [6.45, 7) is 1.96. The zero-order chi connectivity index (χ0) is 16.7. The lowest BCUT2D eigenvalue weighted by molar-refractivity contribution is 0.961. The van der Waals surface area contributed by atoms with E-state index in [-0.39, 0.29) is 0 Å². The highest BCUT2D eigenvalue weighted by molar-refractivity contribution is 6.30. The number of nitrogens with one attached hydrogen (secondary N) is 1. The van der Waals surface area contributed by atoms with E-state index in [1.54, 1.807) is 7.05 Å². The van der Waals surface area contributed by atoms with Crippen LogP contribution in [0.5, 0.6) is 0 Å². The summed E-state index contributed by atoms with van der Waals surface area (Å²) < 4.78 is 0. The van der Waals surface area contributed by atoms with Gasteiger partial charge >= 0.3 is 0 Å². The molecule has 0 aromatic heterocycles. The molecule has 0 spiro atoms. The summed E-state index contributed by atoms with van der Waals surface area (Å²) in [5, 5.41) is 4.08. The molecule has 0 aliphatic carbocycles. The molecule has 0 aliphatic heterocycles. The molecule has 0 unspecified atom stereocenters. The molecule has 0 saturated heterocycles. The topological polar surface area (TPSA) is 50.4 Å². The minimum Gasteiger partial charge on any atom is -0.384 e. The molecule has 0 saturated carbocycles. The van der Waals surface area contributed by atoms with Gasteiger partial charge in [0.25, 0.3) is 0 Å². The van der Waals surface area contributed by atoms with Crippen LogP contribution in [0, 0.1) is 0 Å². The number of amidine groups is 1. The van der Waals surface area contributed by atoms with Crippen molar-refractivity contribution in [2.45, 2.75) is 19.8 Å². The van der Waals surface area contributed by atoms with Crippen LogP contribution in [0.25, 0.3) is 0 Å². The molecule has 120 valence electrons. The Labute approximate surface area is 142 Å². The van der Waals surface area contributed by atoms with Crippen molar-refractivity contribution in [2.75, 3.05) is 12.4 Å². The summed E-state index contributed by atoms with van der Waals surface area (Å²) in [7, 11) is 1.67. The first kappa shape index (κ1) is 17.1. The van der Waals surface area contributed by atoms with Crippen molar-refractivity contribution in [1.82, 2.24) is 0 Å². The lowest BCUT2D eigenvalue weighted by Crippen LogP contribution is -2.10. The molecule has 0 radical (unpaired) electrons. The van der Waals surface area contributed by atoms with E-state index in [2.05, 4.69) is 40.6 Å². The first-order valence-electron chi connectivity index (χ1n) is 7.58. The highest BCUT2D eigenvalue weighted by Crippen LogP contribution is 2.24. The lowest BCUT2D eigenvalue weighted by atomic mass is 10.0. The van der Waals surface area contributed by atoms with Crippen molar-refractivity contribution < 1.29 is 0 Å². The third kappa shape index (κ3) is 5.46. The van der Waals surface area contributed by atoms with E-state index < -0.39 is 0 Å². The maximum atomic E-state index is 6.14. The molecule has 2 aromatic rings. The first-order valence-corrected chi connectivity index (χ1v) is 7.96. The summed E-state index contributed by atoms with van der Waals surface area (Å²) >= 11 is 6.14. The molecule has 3 nitrogen and oxygen atoms in total. The second-order valence-corrected chi connectivity index (χ2v) is 5.82. The SMILES string of the molecule is CN=C(N)/C=C(/C)Nc1cc(Cl)ccc1CCc1ccccc1. The summed E-state index contributed by atoms with van der Waals surface area (Å²) in [6.07, 6.45) is 3.73. The smallest absolute Gasteiger partial charge is 0.119 e. The second-order valence-electron chi connectivity index (χ2n) is 5.39. The van der Waals surface area contributed by atoms with E-state index in [4.69, 9.17) is 17.3 Å². The molecule has 0 fully saturated rings. The molecular weight excluding hydrogens is 306 g/mol. The quantitative estimate of drug-likeness (QED) is 0.609. The number of hydrogen-bond donors (Lipinski definition) is 2. The Morgan fingerprint density at radius 1 is 1.17 bits per heavy atom. The van der Waals surface area contributed by atoms with Crippen LogP contribution >= 0.6 is 11.6 Å². The van der Waals surface area contributed by atoms with E-state index in [1.165, 1.54) is 11.1 Å². The van der Waals surface area contributed by atoms with E-state index in [0.29, 0.717) is 10.9 Å². The number of halogens is 1. The minimum absolute atomic E-state index is 0.489. The van der Waals surface area contributed by atoms with Crippen LogP contribution in [0.4, 0.5) is 5.69 Å². The molecule has 0 atom stereocenters. The highest BCUT2D eigenvalue weighted by Gasteiger charge is 2.05. The number of benzene rings is 2. The van der Waals surface area contributed by atoms with Crippen molar-refractivity contribution in [3.8, 4) is 0 Å². The Kier molecular flexibility index (Phi) is 6.24. The number of hydrogen-bond acceptors (Lipinski definition) is 2. The fourth-order valence-electron chi connectivity index (χ4n) is 2.34. The van der Waals surface area contributed by atoms with Crippen LogP contribution in [0.1, 0.15) is 18.1 Å². The summed E-state index contributed by atoms with van der Waals surface area (Å²) in [4.78, 5) is 3.94. The standard InChI is InChI=1S/C19H22ClN3/c1-14(12-19(21)22-2)23-18-13-17(20)11-10-16(18)9-8-15-6-4-3-5-7-15/h3-7,10-13,23H,8-9H2,1-2H3,(H2,21,22)/b14-12-. The van der Waals surface area contributed by atoms with Gasteiger partial charge in [-0.1, -0.05) is 48.0 Å². The largest absolute Gasteiger partial charge is 0.384 e. The zero-order valence-corrected chi connectivity index (χ0v) is 14.3. The molecule has 4 heteroatoms. The molecule has 2 aromatic carbocycles. The lowest BCUT2D eigenvalue weighted by Gasteiger charge is -2.13. The van der Waals surface area contributed by atoms with Gasteiger partial charge in [-0.3, -0.25) is 4.99 Å². The van der Waals surface area contributed by atoms with E-state index in [9.17, 15) is 0 Å². The average Bonchev–Trinajstić information content (AvgIpc) is 2.55. The van der Waals surface area contributed by atoms with E-state index in [1.807, 2.05) is 31.2 Å². The van der Waals surface area contributed by atoms with E-state index >= 15 is 0 Å². The summed E-state index contributed by atoms with van der Waals surface area (Å²) in [5.74, 6) is 0.489. The number of allylic oxidation sites excluding steroid dienone is 1. The maximum absolute atomic E-state index is 6.14. The van der Waals surface area contributed by atoms with E-state index in [0.717, 1.165) is 24.2 Å². The van der Waals surface area contributed by atoms with Gasteiger partial charge in [-0.05, 0) is 49.1 Å². The van der Waals surface area contributed by atoms with Crippen LogP contribution in [0.3, 0.4) is 0 Å². The molecule has 0 amide bonds. The number of aliphatic imine (C=N–C) groups is 1. The summed E-state index contributed by atoms with van der Waals surface area (Å²) in [6, 6.07) is 16.4. The van der Waals surface area contributed by atoms with Gasteiger partial charge in [0.15, 0.2) is 0 Å². The zero-order valence-electron chi connectivity index (χ0n) is 13.5. The molecule has 2 rings (SSSR count). The predicted octanol–water partition coefficient (Wildman–Crippen LogP) is 4.43. The average molecular weight is 328 g/mol. The van der Waals surface area contributed by atoms with Gasteiger partial charge in [0.2, 0.25) is 0 Å². The number of nitrogens with zero attached hydrogens (tertiary/aromatic N) is 1. The molecule has 23 heavy (non-hydrogen) atoms. The third-order valence-corrected chi connectivity index (χ3v) is 3.79. The van der Waals surface area contributed by atoms with Gasteiger partial charge in [0.05, 0.1) is 0 Å². The maximum Gasteiger partial charge on any atom is 0.119 e. The first-order chi connectivity index (χ1) is 11.1. The normalized spacial score (nSPS) is 12.3. The number of aryl methyl sites for hydroxylation is 2. The van der Waals surface area contributed by atoms with Crippen molar-refractivity contribution >= 4 is 23.1 Å². The van der Waals surface area contributed by atoms with Gasteiger partial charge in [-0.2, -0.15) is 0 Å².